The summed E-state index contributed by atoms with van der Waals surface area (Å²) in [5.74, 6) is 0.617. The smallest absolute Gasteiger partial charge is 0.192 e. The van der Waals surface area contributed by atoms with Gasteiger partial charge >= 0.3 is 0 Å². The molecule has 0 aliphatic heterocycles. The molecule has 0 amide bonds. The number of hydrogen-bond donors (Lipinski definition) is 2. The third-order valence-corrected chi connectivity index (χ3v) is 3.46. The van der Waals surface area contributed by atoms with Gasteiger partial charge in [-0.2, -0.15) is 0 Å². The van der Waals surface area contributed by atoms with Gasteiger partial charge < -0.3 is 15.2 Å². The van der Waals surface area contributed by atoms with Crippen molar-refractivity contribution in [2.24, 2.45) is 0 Å². The molecule has 1 aromatic carbocycles. The van der Waals surface area contributed by atoms with Crippen LogP contribution in [0.2, 0.25) is 0 Å². The maximum Gasteiger partial charge on any atom is 0.192 e. The zero-order valence-electron chi connectivity index (χ0n) is 9.12. The Bertz CT molecular complexity index is 699. The fourth-order valence-corrected chi connectivity index (χ4v) is 2.51. The van der Waals surface area contributed by atoms with E-state index in [2.05, 4.69) is 26.1 Å². The minimum Gasteiger partial charge on any atom is -0.394 e. The fourth-order valence-electron chi connectivity index (χ4n) is 2.04. The summed E-state index contributed by atoms with van der Waals surface area (Å²) in [6, 6.07) is 6.00. The number of aromatic amines is 1. The van der Waals surface area contributed by atoms with Gasteiger partial charge in [-0.15, -0.1) is 0 Å². The lowest BCUT2D eigenvalue weighted by molar-refractivity contribution is 0.432. The van der Waals surface area contributed by atoms with Crippen molar-refractivity contribution < 1.29 is 4.52 Å². The molecule has 3 aromatic rings. The van der Waals surface area contributed by atoms with Crippen LogP contribution in [0.3, 0.4) is 0 Å². The minimum atomic E-state index is 0.550. The monoisotopic (exact) mass is 291 g/mol. The van der Waals surface area contributed by atoms with E-state index in [0.29, 0.717) is 11.4 Å². The molecule has 0 aliphatic carbocycles. The number of nitrogen functional groups attached to an aromatic ring is 1. The molecule has 5 heteroatoms. The molecular weight excluding hydrogens is 282 g/mol. The number of hydrogen-bond acceptors (Lipinski definition) is 3. The van der Waals surface area contributed by atoms with Crippen molar-refractivity contribution in [2.45, 2.75) is 6.92 Å². The summed E-state index contributed by atoms with van der Waals surface area (Å²) in [5, 5.41) is 4.79. The minimum absolute atomic E-state index is 0.550. The maximum absolute atomic E-state index is 5.85. The topological polar surface area (TPSA) is 67.8 Å². The number of halogens is 1. The second-order valence-corrected chi connectivity index (χ2v) is 4.75. The van der Waals surface area contributed by atoms with Crippen LogP contribution in [0.15, 0.2) is 33.4 Å². The highest BCUT2D eigenvalue weighted by Crippen LogP contribution is 2.37. The van der Waals surface area contributed by atoms with Gasteiger partial charge in [0, 0.05) is 15.6 Å². The van der Waals surface area contributed by atoms with Crippen molar-refractivity contribution in [3.8, 4) is 11.3 Å². The first-order chi connectivity index (χ1) is 8.18. The van der Waals surface area contributed by atoms with Crippen molar-refractivity contribution in [1.29, 1.82) is 0 Å². The molecule has 4 nitrogen and oxygen atoms in total. The van der Waals surface area contributed by atoms with Crippen LogP contribution in [-0.4, -0.2) is 10.1 Å². The summed E-state index contributed by atoms with van der Waals surface area (Å²) in [4.78, 5) is 3.32. The summed E-state index contributed by atoms with van der Waals surface area (Å²) in [6.07, 6.45) is 1.52. The third kappa shape index (κ3) is 1.46. The van der Waals surface area contributed by atoms with Crippen LogP contribution in [0.5, 0.6) is 0 Å². The first kappa shape index (κ1) is 10.4. The Labute approximate surface area is 106 Å². The molecule has 0 spiro atoms. The van der Waals surface area contributed by atoms with Gasteiger partial charge in [-0.1, -0.05) is 17.3 Å². The van der Waals surface area contributed by atoms with E-state index in [1.807, 2.05) is 25.1 Å². The number of aromatic nitrogens is 2. The molecule has 3 N–H and O–H groups in total. The van der Waals surface area contributed by atoms with Crippen molar-refractivity contribution in [3.63, 3.8) is 0 Å². The summed E-state index contributed by atoms with van der Waals surface area (Å²) in [7, 11) is 0. The molecule has 17 heavy (non-hydrogen) atoms. The summed E-state index contributed by atoms with van der Waals surface area (Å²) >= 11 is 3.52. The summed E-state index contributed by atoms with van der Waals surface area (Å²) in [6.45, 7) is 1.99. The normalized spacial score (nSPS) is 11.2. The van der Waals surface area contributed by atoms with Gasteiger partial charge in [-0.3, -0.25) is 0 Å². The average Bonchev–Trinajstić information content (AvgIpc) is 2.83. The molecular formula is C12H10BrN3O. The SMILES string of the molecule is Cc1[nH]c2c(Br)cccc2c1-c1oncc1N. The van der Waals surface area contributed by atoms with Gasteiger partial charge in [0.25, 0.3) is 0 Å². The lowest BCUT2D eigenvalue weighted by atomic mass is 10.1. The number of para-hydroxylation sites is 1. The van der Waals surface area contributed by atoms with Gasteiger partial charge in [0.1, 0.15) is 5.69 Å². The fraction of sp³-hybridized carbons (Fsp3) is 0.0833. The zero-order chi connectivity index (χ0) is 12.0. The number of aryl methyl sites for hydroxylation is 1. The number of fused-ring (bicyclic) bond motifs is 1. The predicted octanol–water partition coefficient (Wildman–Crippen LogP) is 3.48. The van der Waals surface area contributed by atoms with Gasteiger partial charge in [-0.05, 0) is 28.9 Å². The Morgan fingerprint density at radius 2 is 2.24 bits per heavy atom. The Kier molecular flexibility index (Phi) is 2.22. The van der Waals surface area contributed by atoms with Crippen molar-refractivity contribution in [2.75, 3.05) is 5.73 Å². The van der Waals surface area contributed by atoms with Crippen LogP contribution < -0.4 is 5.73 Å². The zero-order valence-corrected chi connectivity index (χ0v) is 10.7. The third-order valence-electron chi connectivity index (χ3n) is 2.80. The van der Waals surface area contributed by atoms with Crippen LogP contribution in [0, 0.1) is 6.92 Å². The predicted molar refractivity (Wildman–Crippen MR) is 70.6 cm³/mol. The van der Waals surface area contributed by atoms with Crippen LogP contribution >= 0.6 is 15.9 Å². The van der Waals surface area contributed by atoms with E-state index in [-0.39, 0.29) is 0 Å². The van der Waals surface area contributed by atoms with Gasteiger partial charge in [-0.25, -0.2) is 0 Å². The Hall–Kier alpha value is -1.75. The first-order valence-corrected chi connectivity index (χ1v) is 5.95. The molecule has 2 aromatic heterocycles. The van der Waals surface area contributed by atoms with E-state index in [9.17, 15) is 0 Å². The van der Waals surface area contributed by atoms with Crippen molar-refractivity contribution in [3.05, 3.63) is 34.6 Å². The number of nitrogens with one attached hydrogen (secondary N) is 1. The van der Waals surface area contributed by atoms with Crippen LogP contribution in [0.25, 0.3) is 22.2 Å². The number of benzene rings is 1. The number of nitrogens with two attached hydrogens (primary N) is 1. The molecule has 0 bridgehead atoms. The van der Waals surface area contributed by atoms with E-state index < -0.39 is 0 Å². The summed E-state index contributed by atoms with van der Waals surface area (Å²) < 4.78 is 6.24. The van der Waals surface area contributed by atoms with Gasteiger partial charge in [0.05, 0.1) is 17.3 Å². The maximum atomic E-state index is 5.85. The van der Waals surface area contributed by atoms with Crippen molar-refractivity contribution >= 4 is 32.5 Å². The average molecular weight is 292 g/mol. The number of anilines is 1. The van der Waals surface area contributed by atoms with E-state index in [0.717, 1.165) is 26.6 Å². The molecule has 0 radical (unpaired) electrons. The quantitative estimate of drug-likeness (QED) is 0.721. The highest BCUT2D eigenvalue weighted by atomic mass is 79.9. The Morgan fingerprint density at radius 1 is 1.41 bits per heavy atom. The molecule has 3 rings (SSSR count). The van der Waals surface area contributed by atoms with Crippen LogP contribution in [0.1, 0.15) is 5.69 Å². The first-order valence-electron chi connectivity index (χ1n) is 5.16. The van der Waals surface area contributed by atoms with E-state index >= 15 is 0 Å². The largest absolute Gasteiger partial charge is 0.394 e. The highest BCUT2D eigenvalue weighted by molar-refractivity contribution is 9.10. The Balaban J connectivity index is 2.41. The molecule has 0 atom stereocenters. The van der Waals surface area contributed by atoms with Crippen molar-refractivity contribution in [1.82, 2.24) is 10.1 Å². The van der Waals surface area contributed by atoms with E-state index in [1.165, 1.54) is 6.20 Å². The molecule has 2 heterocycles. The lowest BCUT2D eigenvalue weighted by Crippen LogP contribution is -1.85. The molecule has 0 aliphatic rings. The lowest BCUT2D eigenvalue weighted by Gasteiger charge is -1.97. The molecule has 0 fully saturated rings. The van der Waals surface area contributed by atoms with Crippen LogP contribution in [-0.2, 0) is 0 Å². The van der Waals surface area contributed by atoms with E-state index in [1.54, 1.807) is 0 Å². The number of rotatable bonds is 1. The number of nitrogens with zero attached hydrogens (tertiary/aromatic N) is 1. The second-order valence-electron chi connectivity index (χ2n) is 3.90. The summed E-state index contributed by atoms with van der Waals surface area (Å²) in [5.41, 5.74) is 9.41. The van der Waals surface area contributed by atoms with Crippen LogP contribution in [0.4, 0.5) is 5.69 Å². The molecule has 86 valence electrons. The van der Waals surface area contributed by atoms with E-state index in [4.69, 9.17) is 10.3 Å². The number of H-pyrrole nitrogens is 1. The second kappa shape index (κ2) is 3.63. The highest BCUT2D eigenvalue weighted by Gasteiger charge is 2.17. The molecule has 0 unspecified atom stereocenters. The Morgan fingerprint density at radius 3 is 2.94 bits per heavy atom. The standard InChI is InChI=1S/C12H10BrN3O/c1-6-10(12-9(14)5-15-17-12)7-3-2-4-8(13)11(7)16-6/h2-5,16H,14H2,1H3. The van der Waals surface area contributed by atoms with Gasteiger partial charge in [0.2, 0.25) is 0 Å². The molecule has 0 saturated carbocycles. The molecule has 0 saturated heterocycles. The van der Waals surface area contributed by atoms with Gasteiger partial charge in [0.15, 0.2) is 5.76 Å².